The van der Waals surface area contributed by atoms with Gasteiger partial charge in [-0.3, -0.25) is 4.79 Å². The van der Waals surface area contributed by atoms with Gasteiger partial charge in [0.15, 0.2) is 0 Å². The topological polar surface area (TPSA) is 66.5 Å². The molecule has 1 amide bonds. The van der Waals surface area contributed by atoms with Gasteiger partial charge in [-0.05, 0) is 55.7 Å². The van der Waals surface area contributed by atoms with Crippen molar-refractivity contribution in [3.8, 4) is 0 Å². The molecule has 2 aromatic rings. The summed E-state index contributed by atoms with van der Waals surface area (Å²) in [7, 11) is -3.83. The zero-order valence-corrected chi connectivity index (χ0v) is 17.6. The molecule has 0 saturated carbocycles. The zero-order valence-electron chi connectivity index (χ0n) is 16.0. The molecule has 0 spiro atoms. The average Bonchev–Trinajstić information content (AvgIpc) is 3.23. The van der Waals surface area contributed by atoms with Gasteiger partial charge in [-0.15, -0.1) is 0 Å². The van der Waals surface area contributed by atoms with Crippen LogP contribution in [0.15, 0.2) is 47.4 Å². The van der Waals surface area contributed by atoms with E-state index in [4.69, 9.17) is 11.6 Å². The molecule has 10 heteroatoms. The van der Waals surface area contributed by atoms with Gasteiger partial charge < -0.3 is 5.32 Å². The molecule has 1 heterocycles. The number of sulfonamides is 1. The van der Waals surface area contributed by atoms with Gasteiger partial charge in [-0.25, -0.2) is 8.42 Å². The Morgan fingerprint density at radius 3 is 2.43 bits per heavy atom. The van der Waals surface area contributed by atoms with Gasteiger partial charge in [0.05, 0.1) is 16.6 Å². The van der Waals surface area contributed by atoms with Crippen molar-refractivity contribution < 1.29 is 26.4 Å². The van der Waals surface area contributed by atoms with E-state index in [1.54, 1.807) is 6.92 Å². The van der Waals surface area contributed by atoms with Crippen molar-refractivity contribution in [1.29, 1.82) is 0 Å². The number of hydrogen-bond donors (Lipinski definition) is 1. The molecule has 0 bridgehead atoms. The Morgan fingerprint density at radius 2 is 1.80 bits per heavy atom. The lowest BCUT2D eigenvalue weighted by atomic mass is 10.0. The molecule has 1 atom stereocenters. The lowest BCUT2D eigenvalue weighted by molar-refractivity contribution is -0.137. The quantitative estimate of drug-likeness (QED) is 0.707. The third-order valence-electron chi connectivity index (χ3n) is 4.94. The van der Waals surface area contributed by atoms with Crippen LogP contribution in [-0.4, -0.2) is 31.7 Å². The summed E-state index contributed by atoms with van der Waals surface area (Å²) >= 11 is 6.08. The minimum Gasteiger partial charge on any atom is -0.346 e. The first kappa shape index (κ1) is 22.6. The summed E-state index contributed by atoms with van der Waals surface area (Å²) in [6.07, 6.45) is -2.98. The molecule has 0 aliphatic carbocycles. The van der Waals surface area contributed by atoms with Crippen molar-refractivity contribution in [2.24, 2.45) is 0 Å². The second-order valence-electron chi connectivity index (χ2n) is 7.07. The zero-order chi connectivity index (χ0) is 22.1. The molecule has 5 nitrogen and oxygen atoms in total. The molecule has 1 N–H and O–H groups in total. The summed E-state index contributed by atoms with van der Waals surface area (Å²) < 4.78 is 65.7. The number of carbonyl (C=O) groups is 1. The predicted molar refractivity (Wildman–Crippen MR) is 107 cm³/mol. The van der Waals surface area contributed by atoms with Crippen LogP contribution in [0.3, 0.4) is 0 Å². The Bertz CT molecular complexity index is 1050. The van der Waals surface area contributed by atoms with Crippen molar-refractivity contribution in [2.75, 3.05) is 13.1 Å². The highest BCUT2D eigenvalue weighted by Gasteiger charge is 2.31. The maximum absolute atomic E-state index is 12.9. The van der Waals surface area contributed by atoms with Crippen molar-refractivity contribution >= 4 is 27.5 Å². The van der Waals surface area contributed by atoms with Crippen molar-refractivity contribution in [1.82, 2.24) is 9.62 Å². The molecule has 0 radical (unpaired) electrons. The number of nitrogens with one attached hydrogen (secondary N) is 1. The maximum atomic E-state index is 12.9. The largest absolute Gasteiger partial charge is 0.416 e. The maximum Gasteiger partial charge on any atom is 0.416 e. The lowest BCUT2D eigenvalue weighted by Crippen LogP contribution is -2.29. The Balaban J connectivity index is 1.82. The predicted octanol–water partition coefficient (Wildman–Crippen LogP) is 4.63. The molecule has 0 aromatic heterocycles. The van der Waals surface area contributed by atoms with Crippen LogP contribution < -0.4 is 5.32 Å². The number of benzene rings is 2. The van der Waals surface area contributed by atoms with E-state index in [1.165, 1.54) is 34.6 Å². The number of hydrogen-bond acceptors (Lipinski definition) is 3. The van der Waals surface area contributed by atoms with Gasteiger partial charge in [-0.1, -0.05) is 23.7 Å². The fourth-order valence-corrected chi connectivity index (χ4v) is 5.27. The molecule has 162 valence electrons. The van der Waals surface area contributed by atoms with Crippen LogP contribution in [0.5, 0.6) is 0 Å². The number of amides is 1. The van der Waals surface area contributed by atoms with Gasteiger partial charge in [0.25, 0.3) is 5.91 Å². The summed E-state index contributed by atoms with van der Waals surface area (Å²) in [5.74, 6) is -0.616. The van der Waals surface area contributed by atoms with Crippen LogP contribution in [0, 0.1) is 0 Å². The first-order valence-corrected chi connectivity index (χ1v) is 11.1. The highest BCUT2D eigenvalue weighted by atomic mass is 35.5. The minimum absolute atomic E-state index is 0.00405. The Morgan fingerprint density at radius 1 is 1.13 bits per heavy atom. The number of nitrogens with zero attached hydrogens (tertiary/aromatic N) is 1. The van der Waals surface area contributed by atoms with Gasteiger partial charge in [0.1, 0.15) is 4.90 Å². The normalized spacial score (nSPS) is 16.4. The standard InChI is InChI=1S/C20H20ClF3N2O3S/c1-13(14-5-4-6-16(11-14)20(22,23)24)25-19(27)15-7-8-17(21)18(12-15)30(28,29)26-9-2-3-10-26/h4-8,11-13H,2-3,9-10H2,1H3,(H,25,27). The Labute approximate surface area is 177 Å². The first-order chi connectivity index (χ1) is 14.0. The van der Waals surface area contributed by atoms with Crippen molar-refractivity contribution in [3.05, 3.63) is 64.2 Å². The molecule has 1 aliphatic heterocycles. The molecule has 1 aliphatic rings. The second kappa shape index (κ2) is 8.56. The molecule has 3 rings (SSSR count). The van der Waals surface area contributed by atoms with E-state index in [0.717, 1.165) is 25.0 Å². The first-order valence-electron chi connectivity index (χ1n) is 9.28. The number of halogens is 4. The van der Waals surface area contributed by atoms with E-state index in [-0.39, 0.29) is 21.0 Å². The van der Waals surface area contributed by atoms with Gasteiger partial charge >= 0.3 is 6.18 Å². The summed E-state index contributed by atoms with van der Waals surface area (Å²) in [5.41, 5.74) is -0.486. The molecule has 1 unspecified atom stereocenters. The molecule has 1 fully saturated rings. The third kappa shape index (κ3) is 4.79. The van der Waals surface area contributed by atoms with Gasteiger partial charge in [-0.2, -0.15) is 17.5 Å². The number of alkyl halides is 3. The smallest absolute Gasteiger partial charge is 0.346 e. The van der Waals surface area contributed by atoms with Crippen LogP contribution in [0.1, 0.15) is 47.3 Å². The summed E-state index contributed by atoms with van der Waals surface area (Å²) in [6.45, 7) is 2.33. The van der Waals surface area contributed by atoms with Crippen LogP contribution in [0.25, 0.3) is 0 Å². The molecule has 30 heavy (non-hydrogen) atoms. The van der Waals surface area contributed by atoms with E-state index in [2.05, 4.69) is 5.32 Å². The third-order valence-corrected chi connectivity index (χ3v) is 7.32. The van der Waals surface area contributed by atoms with Crippen molar-refractivity contribution in [2.45, 2.75) is 36.9 Å². The van der Waals surface area contributed by atoms with E-state index >= 15 is 0 Å². The lowest BCUT2D eigenvalue weighted by Gasteiger charge is -2.18. The molecule has 2 aromatic carbocycles. The second-order valence-corrected chi connectivity index (χ2v) is 9.39. The van der Waals surface area contributed by atoms with Crippen molar-refractivity contribution in [3.63, 3.8) is 0 Å². The minimum atomic E-state index is -4.49. The number of carbonyl (C=O) groups excluding carboxylic acids is 1. The van der Waals surface area contributed by atoms with E-state index in [1.807, 2.05) is 0 Å². The summed E-state index contributed by atoms with van der Waals surface area (Å²) in [5, 5.41) is 2.61. The van der Waals surface area contributed by atoms with E-state index < -0.39 is 33.7 Å². The summed E-state index contributed by atoms with van der Waals surface area (Å²) in [4.78, 5) is 12.5. The molecular formula is C20H20ClF3N2O3S. The highest BCUT2D eigenvalue weighted by Crippen LogP contribution is 2.31. The summed E-state index contributed by atoms with van der Waals surface area (Å²) in [6, 6.07) is 7.84. The molecule has 1 saturated heterocycles. The van der Waals surface area contributed by atoms with Gasteiger partial charge in [0.2, 0.25) is 10.0 Å². The fourth-order valence-electron chi connectivity index (χ4n) is 3.26. The Kier molecular flexibility index (Phi) is 6.45. The van der Waals surface area contributed by atoms with Crippen LogP contribution >= 0.6 is 11.6 Å². The monoisotopic (exact) mass is 460 g/mol. The molecular weight excluding hydrogens is 441 g/mol. The van der Waals surface area contributed by atoms with Crippen LogP contribution in [-0.2, 0) is 16.2 Å². The van der Waals surface area contributed by atoms with Crippen LogP contribution in [0.2, 0.25) is 5.02 Å². The van der Waals surface area contributed by atoms with E-state index in [0.29, 0.717) is 13.1 Å². The highest BCUT2D eigenvalue weighted by molar-refractivity contribution is 7.89. The Hall–Kier alpha value is -2.10. The fraction of sp³-hybridized carbons (Fsp3) is 0.350. The number of rotatable bonds is 5. The van der Waals surface area contributed by atoms with E-state index in [9.17, 15) is 26.4 Å². The SMILES string of the molecule is CC(NC(=O)c1ccc(Cl)c(S(=O)(=O)N2CCCC2)c1)c1cccc(C(F)(F)F)c1. The average molecular weight is 461 g/mol. The van der Waals surface area contributed by atoms with Gasteiger partial charge in [0, 0.05) is 18.7 Å². The van der Waals surface area contributed by atoms with Crippen LogP contribution in [0.4, 0.5) is 13.2 Å².